The molecule has 3 aromatic rings. The number of benzene rings is 3. The number of carbonyl (C=O) groups excluding carboxylic acids is 1. The molecule has 0 spiro atoms. The van der Waals surface area contributed by atoms with E-state index in [0.29, 0.717) is 5.92 Å². The minimum Gasteiger partial charge on any atom is -0.481 e. The SMILES string of the molecule is Cc1cc([S+]2c3ccccc3Nc3ccccc32)cc(C)c1OCC(=O)OC(C)(C)C#CC1CCCC1. The van der Waals surface area contributed by atoms with Crippen LogP contribution in [0, 0.1) is 31.6 Å². The van der Waals surface area contributed by atoms with Crippen molar-refractivity contribution in [3.05, 3.63) is 71.8 Å². The molecule has 1 fully saturated rings. The van der Waals surface area contributed by atoms with E-state index >= 15 is 0 Å². The molecule has 0 bridgehead atoms. The summed E-state index contributed by atoms with van der Waals surface area (Å²) in [4.78, 5) is 16.4. The number of hydrogen-bond acceptors (Lipinski definition) is 4. The van der Waals surface area contributed by atoms with E-state index in [4.69, 9.17) is 9.47 Å². The number of nitrogens with one attached hydrogen (secondary N) is 1. The molecular weight excluding hydrogens is 478 g/mol. The monoisotopic (exact) mass is 512 g/mol. The summed E-state index contributed by atoms with van der Waals surface area (Å²) >= 11 is 0. The van der Waals surface area contributed by atoms with Crippen LogP contribution >= 0.6 is 0 Å². The molecule has 2 aliphatic rings. The molecule has 0 amide bonds. The lowest BCUT2D eigenvalue weighted by atomic mass is 10.1. The lowest BCUT2D eigenvalue weighted by molar-refractivity contribution is -0.154. The van der Waals surface area contributed by atoms with Crippen LogP contribution in [0.5, 0.6) is 5.75 Å². The highest BCUT2D eigenvalue weighted by Crippen LogP contribution is 2.45. The van der Waals surface area contributed by atoms with Crippen molar-refractivity contribution in [1.29, 1.82) is 0 Å². The van der Waals surface area contributed by atoms with Crippen LogP contribution in [0.15, 0.2) is 75.4 Å². The van der Waals surface area contributed by atoms with Crippen LogP contribution in [0.2, 0.25) is 0 Å². The molecule has 5 rings (SSSR count). The third-order valence-electron chi connectivity index (χ3n) is 6.79. The normalized spacial score (nSPS) is 15.1. The van der Waals surface area contributed by atoms with Crippen LogP contribution in [0.4, 0.5) is 11.4 Å². The van der Waals surface area contributed by atoms with Gasteiger partial charge in [0.2, 0.25) is 0 Å². The Balaban J connectivity index is 1.33. The smallest absolute Gasteiger partial charge is 0.345 e. The third-order valence-corrected chi connectivity index (χ3v) is 9.09. The van der Waals surface area contributed by atoms with Gasteiger partial charge in [0.25, 0.3) is 0 Å². The van der Waals surface area contributed by atoms with Crippen molar-refractivity contribution >= 4 is 28.2 Å². The topological polar surface area (TPSA) is 47.6 Å². The van der Waals surface area contributed by atoms with E-state index in [9.17, 15) is 4.79 Å². The number of aryl methyl sites for hydroxylation is 2. The van der Waals surface area contributed by atoms with Crippen LogP contribution < -0.4 is 10.1 Å². The summed E-state index contributed by atoms with van der Waals surface area (Å²) in [7, 11) is -0.242. The lowest BCUT2D eigenvalue weighted by Gasteiger charge is -2.22. The van der Waals surface area contributed by atoms with Crippen LogP contribution in [0.1, 0.15) is 50.7 Å². The van der Waals surface area contributed by atoms with Crippen molar-refractivity contribution in [3.8, 4) is 17.6 Å². The highest BCUT2D eigenvalue weighted by Gasteiger charge is 2.38. The van der Waals surface area contributed by atoms with E-state index in [-0.39, 0.29) is 17.5 Å². The minimum atomic E-state index is -0.825. The number of rotatable bonds is 5. The Kier molecular flexibility index (Phi) is 7.22. The quantitative estimate of drug-likeness (QED) is 0.173. The Hall–Kier alpha value is -3.36. The van der Waals surface area contributed by atoms with Gasteiger partial charge in [0.15, 0.2) is 26.9 Å². The zero-order valence-electron chi connectivity index (χ0n) is 22.0. The van der Waals surface area contributed by atoms with Gasteiger partial charge in [0, 0.05) is 18.1 Å². The molecule has 37 heavy (non-hydrogen) atoms. The van der Waals surface area contributed by atoms with Crippen LogP contribution in [-0.4, -0.2) is 18.2 Å². The molecule has 0 saturated heterocycles. The fraction of sp³-hybridized carbons (Fsp3) is 0.344. The van der Waals surface area contributed by atoms with Crippen molar-refractivity contribution in [2.45, 2.75) is 73.7 Å². The Morgan fingerprint density at radius 1 is 0.973 bits per heavy atom. The van der Waals surface area contributed by atoms with Crippen LogP contribution in [0.25, 0.3) is 0 Å². The highest BCUT2D eigenvalue weighted by molar-refractivity contribution is 7.97. The second-order valence-electron chi connectivity index (χ2n) is 10.3. The van der Waals surface area contributed by atoms with Gasteiger partial charge in [-0.25, -0.2) is 4.79 Å². The van der Waals surface area contributed by atoms with Gasteiger partial charge < -0.3 is 14.8 Å². The van der Waals surface area contributed by atoms with Gasteiger partial charge in [-0.1, -0.05) is 48.9 Å². The molecular formula is C32H34NO3S+. The standard InChI is InChI=1S/C32H34NO3S/c1-22-19-25(37-28-15-9-7-13-26(28)33-27-14-8-10-16-29(27)37)20-23(2)31(22)35-21-30(34)36-32(3,4)18-17-24-11-5-6-12-24/h7-10,13-16,19-20,24,33H,5-6,11-12,21H2,1-4H3/q+1. The zero-order valence-corrected chi connectivity index (χ0v) is 22.8. The van der Waals surface area contributed by atoms with Crippen molar-refractivity contribution in [2.24, 2.45) is 5.92 Å². The van der Waals surface area contributed by atoms with Gasteiger partial charge in [0.1, 0.15) is 16.6 Å². The van der Waals surface area contributed by atoms with Gasteiger partial charge >= 0.3 is 5.97 Å². The maximum absolute atomic E-state index is 12.6. The van der Waals surface area contributed by atoms with Crippen LogP contribution in [-0.2, 0) is 20.4 Å². The summed E-state index contributed by atoms with van der Waals surface area (Å²) < 4.78 is 11.7. The second kappa shape index (κ2) is 10.6. The van der Waals surface area contributed by atoms with Gasteiger partial charge in [-0.2, -0.15) is 0 Å². The summed E-state index contributed by atoms with van der Waals surface area (Å²) in [5.74, 6) is 7.21. The zero-order chi connectivity index (χ0) is 26.0. The maximum atomic E-state index is 12.6. The van der Waals surface area contributed by atoms with E-state index in [0.717, 1.165) is 41.1 Å². The van der Waals surface area contributed by atoms with Crippen molar-refractivity contribution in [2.75, 3.05) is 11.9 Å². The third kappa shape index (κ3) is 5.65. The van der Waals surface area contributed by atoms with Gasteiger partial charge in [0.05, 0.1) is 11.4 Å². The van der Waals surface area contributed by atoms with Crippen molar-refractivity contribution in [1.82, 2.24) is 0 Å². The Labute approximate surface area is 223 Å². The highest BCUT2D eigenvalue weighted by atomic mass is 32.2. The molecule has 1 aliphatic carbocycles. The van der Waals surface area contributed by atoms with Gasteiger partial charge in [-0.05, 0) is 75.9 Å². The first-order valence-corrected chi connectivity index (χ1v) is 14.2. The fourth-order valence-electron chi connectivity index (χ4n) is 5.09. The maximum Gasteiger partial charge on any atom is 0.345 e. The molecule has 1 saturated carbocycles. The number of carbonyl (C=O) groups is 1. The Bertz CT molecular complexity index is 1310. The molecule has 5 heteroatoms. The van der Waals surface area contributed by atoms with Crippen molar-refractivity contribution in [3.63, 3.8) is 0 Å². The molecule has 0 atom stereocenters. The van der Waals surface area contributed by atoms with Gasteiger partial charge in [-0.3, -0.25) is 0 Å². The molecule has 1 heterocycles. The summed E-state index contributed by atoms with van der Waals surface area (Å²) in [6.07, 6.45) is 4.76. The summed E-state index contributed by atoms with van der Waals surface area (Å²) in [5, 5.41) is 3.58. The van der Waals surface area contributed by atoms with E-state index in [1.807, 2.05) is 27.7 Å². The first-order chi connectivity index (χ1) is 17.8. The number of hydrogen-bond donors (Lipinski definition) is 1. The minimum absolute atomic E-state index is 0.142. The first kappa shape index (κ1) is 25.3. The van der Waals surface area contributed by atoms with Crippen molar-refractivity contribution < 1.29 is 14.3 Å². The van der Waals surface area contributed by atoms with E-state index in [2.05, 4.69) is 77.8 Å². The molecule has 0 unspecified atom stereocenters. The molecule has 3 aromatic carbocycles. The molecule has 0 aromatic heterocycles. The number of fused-ring (bicyclic) bond motifs is 2. The first-order valence-electron chi connectivity index (χ1n) is 13.0. The Morgan fingerprint density at radius 2 is 1.54 bits per heavy atom. The predicted octanol–water partition coefficient (Wildman–Crippen LogP) is 7.35. The summed E-state index contributed by atoms with van der Waals surface area (Å²) in [6.45, 7) is 7.62. The predicted molar refractivity (Wildman–Crippen MR) is 150 cm³/mol. The fourth-order valence-corrected chi connectivity index (χ4v) is 7.53. The number of para-hydroxylation sites is 2. The molecule has 1 aliphatic heterocycles. The Morgan fingerprint density at radius 3 is 2.14 bits per heavy atom. The van der Waals surface area contributed by atoms with Crippen LogP contribution in [0.3, 0.4) is 0 Å². The molecule has 4 nitrogen and oxygen atoms in total. The summed E-state index contributed by atoms with van der Waals surface area (Å²) in [5.41, 5.74) is 3.46. The number of anilines is 2. The number of esters is 1. The molecule has 190 valence electrons. The van der Waals surface area contributed by atoms with E-state index < -0.39 is 11.6 Å². The average Bonchev–Trinajstić information content (AvgIpc) is 3.39. The van der Waals surface area contributed by atoms with E-state index in [1.165, 1.54) is 27.5 Å². The molecule has 0 radical (unpaired) electrons. The molecule has 1 N–H and O–H groups in total. The average molecular weight is 513 g/mol. The summed E-state index contributed by atoms with van der Waals surface area (Å²) in [6, 6.07) is 21.4. The van der Waals surface area contributed by atoms with E-state index in [1.54, 1.807) is 0 Å². The van der Waals surface area contributed by atoms with Gasteiger partial charge in [-0.15, -0.1) is 0 Å². The lowest BCUT2D eigenvalue weighted by Crippen LogP contribution is -2.29. The number of ether oxygens (including phenoxy) is 2. The second-order valence-corrected chi connectivity index (χ2v) is 12.3. The largest absolute Gasteiger partial charge is 0.481 e.